The van der Waals surface area contributed by atoms with Gasteiger partial charge in [0.25, 0.3) is 5.91 Å². The minimum atomic E-state index is -0.242. The predicted octanol–water partition coefficient (Wildman–Crippen LogP) is 5.83. The number of halogens is 2. The fourth-order valence-corrected chi connectivity index (χ4v) is 3.55. The molecular weight excluding hydrogens is 401 g/mol. The summed E-state index contributed by atoms with van der Waals surface area (Å²) in [6, 6.07) is 13.1. The van der Waals surface area contributed by atoms with Gasteiger partial charge in [-0.2, -0.15) is 5.10 Å². The van der Waals surface area contributed by atoms with Crippen molar-refractivity contribution in [1.29, 1.82) is 0 Å². The predicted molar refractivity (Wildman–Crippen MR) is 113 cm³/mol. The standard InChI is InChI=1S/C20H19Cl2N3OS/c1-12-19(23-20(26)17-10-16(27-3)8-9-18(17)22)13(2)25(24-12)11-14-4-6-15(21)7-5-14/h4-10H,11H2,1-3H3,(H,23,26). The van der Waals surface area contributed by atoms with E-state index >= 15 is 0 Å². The Hall–Kier alpha value is -1.95. The highest BCUT2D eigenvalue weighted by molar-refractivity contribution is 7.98. The number of aryl methyl sites for hydroxylation is 1. The molecule has 2 aromatic carbocycles. The summed E-state index contributed by atoms with van der Waals surface area (Å²) >= 11 is 13.7. The topological polar surface area (TPSA) is 46.9 Å². The molecular formula is C20H19Cl2N3OS. The maximum Gasteiger partial charge on any atom is 0.257 e. The molecule has 3 aromatic rings. The number of hydrogen-bond acceptors (Lipinski definition) is 3. The summed E-state index contributed by atoms with van der Waals surface area (Å²) < 4.78 is 1.87. The molecule has 0 spiro atoms. The molecule has 0 atom stereocenters. The zero-order valence-corrected chi connectivity index (χ0v) is 17.5. The van der Waals surface area contributed by atoms with Crippen molar-refractivity contribution in [2.45, 2.75) is 25.3 Å². The molecule has 1 amide bonds. The number of anilines is 1. The van der Waals surface area contributed by atoms with Crippen molar-refractivity contribution in [2.75, 3.05) is 11.6 Å². The summed E-state index contributed by atoms with van der Waals surface area (Å²) in [5.41, 5.74) is 3.88. The van der Waals surface area contributed by atoms with Crippen molar-refractivity contribution in [3.05, 3.63) is 75.0 Å². The zero-order valence-electron chi connectivity index (χ0n) is 15.2. The fraction of sp³-hybridized carbons (Fsp3) is 0.200. The van der Waals surface area contributed by atoms with Gasteiger partial charge in [0, 0.05) is 9.92 Å². The molecule has 0 bridgehead atoms. The van der Waals surface area contributed by atoms with Crippen molar-refractivity contribution in [2.24, 2.45) is 0 Å². The summed E-state index contributed by atoms with van der Waals surface area (Å²) in [4.78, 5) is 13.7. The molecule has 27 heavy (non-hydrogen) atoms. The number of carbonyl (C=O) groups is 1. The molecule has 140 valence electrons. The van der Waals surface area contributed by atoms with Gasteiger partial charge in [-0.25, -0.2) is 0 Å². The van der Waals surface area contributed by atoms with E-state index in [2.05, 4.69) is 10.4 Å². The smallest absolute Gasteiger partial charge is 0.257 e. The number of amides is 1. The summed E-state index contributed by atoms with van der Waals surface area (Å²) in [7, 11) is 0. The first kappa shape index (κ1) is 19.8. The Morgan fingerprint density at radius 2 is 1.85 bits per heavy atom. The molecule has 7 heteroatoms. The number of benzene rings is 2. The van der Waals surface area contributed by atoms with Crippen molar-refractivity contribution in [1.82, 2.24) is 9.78 Å². The van der Waals surface area contributed by atoms with Crippen LogP contribution in [-0.4, -0.2) is 21.9 Å². The molecule has 0 aliphatic rings. The van der Waals surface area contributed by atoms with Crippen LogP contribution in [0.3, 0.4) is 0 Å². The van der Waals surface area contributed by atoms with E-state index in [9.17, 15) is 4.79 Å². The number of aromatic nitrogens is 2. The molecule has 0 aliphatic heterocycles. The lowest BCUT2D eigenvalue weighted by molar-refractivity contribution is 0.102. The van der Waals surface area contributed by atoms with Gasteiger partial charge in [-0.3, -0.25) is 9.48 Å². The lowest BCUT2D eigenvalue weighted by atomic mass is 10.2. The number of nitrogens with zero attached hydrogens (tertiary/aromatic N) is 2. The third-order valence-corrected chi connectivity index (χ3v) is 5.59. The van der Waals surface area contributed by atoms with Gasteiger partial charge in [0.15, 0.2) is 0 Å². The monoisotopic (exact) mass is 419 g/mol. The van der Waals surface area contributed by atoms with Crippen LogP contribution in [0, 0.1) is 13.8 Å². The molecule has 0 unspecified atom stereocenters. The first-order valence-electron chi connectivity index (χ1n) is 8.32. The van der Waals surface area contributed by atoms with Crippen molar-refractivity contribution >= 4 is 46.6 Å². The van der Waals surface area contributed by atoms with Crippen LogP contribution in [0.2, 0.25) is 10.0 Å². The van der Waals surface area contributed by atoms with Gasteiger partial charge in [0.2, 0.25) is 0 Å². The van der Waals surface area contributed by atoms with Gasteiger partial charge in [0.05, 0.1) is 34.2 Å². The minimum Gasteiger partial charge on any atom is -0.319 e. The molecule has 0 saturated carbocycles. The van der Waals surface area contributed by atoms with Crippen LogP contribution in [0.1, 0.15) is 27.3 Å². The van der Waals surface area contributed by atoms with Gasteiger partial charge in [0.1, 0.15) is 0 Å². The van der Waals surface area contributed by atoms with Crippen LogP contribution < -0.4 is 5.32 Å². The first-order valence-corrected chi connectivity index (χ1v) is 10.3. The van der Waals surface area contributed by atoms with E-state index in [1.807, 2.05) is 55.1 Å². The molecule has 0 saturated heterocycles. The highest BCUT2D eigenvalue weighted by Gasteiger charge is 2.17. The largest absolute Gasteiger partial charge is 0.319 e. The van der Waals surface area contributed by atoms with E-state index in [0.717, 1.165) is 21.8 Å². The lowest BCUT2D eigenvalue weighted by Crippen LogP contribution is -2.14. The number of hydrogen-bond donors (Lipinski definition) is 1. The number of rotatable bonds is 5. The molecule has 1 heterocycles. The van der Waals surface area contributed by atoms with Crippen LogP contribution >= 0.6 is 35.0 Å². The van der Waals surface area contributed by atoms with E-state index in [1.54, 1.807) is 23.9 Å². The highest BCUT2D eigenvalue weighted by atomic mass is 35.5. The summed E-state index contributed by atoms with van der Waals surface area (Å²) in [5.74, 6) is -0.242. The number of thioether (sulfide) groups is 1. The quantitative estimate of drug-likeness (QED) is 0.529. The summed E-state index contributed by atoms with van der Waals surface area (Å²) in [5, 5.41) is 8.65. The molecule has 3 rings (SSSR count). The minimum absolute atomic E-state index is 0.242. The van der Waals surface area contributed by atoms with Gasteiger partial charge >= 0.3 is 0 Å². The van der Waals surface area contributed by atoms with Gasteiger partial charge in [-0.1, -0.05) is 35.3 Å². The van der Waals surface area contributed by atoms with Gasteiger partial charge < -0.3 is 5.32 Å². The maximum atomic E-state index is 12.8. The second-order valence-electron chi connectivity index (χ2n) is 6.13. The molecule has 0 radical (unpaired) electrons. The summed E-state index contributed by atoms with van der Waals surface area (Å²) in [6.45, 7) is 4.41. The lowest BCUT2D eigenvalue weighted by Gasteiger charge is -2.09. The fourth-order valence-electron chi connectivity index (χ4n) is 2.78. The number of nitrogens with one attached hydrogen (secondary N) is 1. The highest BCUT2D eigenvalue weighted by Crippen LogP contribution is 2.26. The van der Waals surface area contributed by atoms with Crippen LogP contribution in [0.15, 0.2) is 47.4 Å². The SMILES string of the molecule is CSc1ccc(Cl)c(C(=O)Nc2c(C)nn(Cc3ccc(Cl)cc3)c2C)c1. The molecule has 1 N–H and O–H groups in total. The summed E-state index contributed by atoms with van der Waals surface area (Å²) in [6.07, 6.45) is 1.96. The Kier molecular flexibility index (Phi) is 6.15. The Balaban J connectivity index is 1.84. The van der Waals surface area contributed by atoms with E-state index in [0.29, 0.717) is 27.8 Å². The Morgan fingerprint density at radius 3 is 2.52 bits per heavy atom. The second-order valence-corrected chi connectivity index (χ2v) is 7.85. The molecule has 0 fully saturated rings. The second kappa shape index (κ2) is 8.38. The third-order valence-electron chi connectivity index (χ3n) is 4.28. The zero-order chi connectivity index (χ0) is 19.6. The van der Waals surface area contributed by atoms with Crippen LogP contribution in [0.4, 0.5) is 5.69 Å². The van der Waals surface area contributed by atoms with Crippen LogP contribution in [0.25, 0.3) is 0 Å². The van der Waals surface area contributed by atoms with Crippen molar-refractivity contribution in [3.63, 3.8) is 0 Å². The average Bonchev–Trinajstić information content (AvgIpc) is 2.91. The van der Waals surface area contributed by atoms with E-state index in [4.69, 9.17) is 23.2 Å². The van der Waals surface area contributed by atoms with Gasteiger partial charge in [-0.05, 0) is 56.0 Å². The Morgan fingerprint density at radius 1 is 1.15 bits per heavy atom. The normalized spacial score (nSPS) is 10.9. The molecule has 0 aliphatic carbocycles. The van der Waals surface area contributed by atoms with E-state index < -0.39 is 0 Å². The van der Waals surface area contributed by atoms with Crippen molar-refractivity contribution < 1.29 is 4.79 Å². The molecule has 1 aromatic heterocycles. The Bertz CT molecular complexity index is 984. The number of carbonyl (C=O) groups excluding carboxylic acids is 1. The first-order chi connectivity index (χ1) is 12.9. The van der Waals surface area contributed by atoms with E-state index in [-0.39, 0.29) is 5.91 Å². The van der Waals surface area contributed by atoms with Crippen molar-refractivity contribution in [3.8, 4) is 0 Å². The maximum absolute atomic E-state index is 12.8. The Labute approximate surface area is 172 Å². The average molecular weight is 420 g/mol. The third kappa shape index (κ3) is 4.49. The molecule has 4 nitrogen and oxygen atoms in total. The van der Waals surface area contributed by atoms with Crippen LogP contribution in [-0.2, 0) is 6.54 Å². The van der Waals surface area contributed by atoms with Crippen LogP contribution in [0.5, 0.6) is 0 Å². The van der Waals surface area contributed by atoms with E-state index in [1.165, 1.54) is 0 Å². The van der Waals surface area contributed by atoms with Gasteiger partial charge in [-0.15, -0.1) is 11.8 Å².